The molecule has 0 aliphatic rings. The third-order valence-corrected chi connectivity index (χ3v) is 2.73. The van der Waals surface area contributed by atoms with E-state index in [4.69, 9.17) is 9.47 Å². The SMILES string of the molecule is CCOc1cccc(CN[C@@H](COC(C)(C)C)C(=O)[O-])c1.[Na+]. The van der Waals surface area contributed by atoms with Crippen molar-refractivity contribution in [2.75, 3.05) is 13.2 Å². The number of hydrogen-bond donors (Lipinski definition) is 1. The summed E-state index contributed by atoms with van der Waals surface area (Å²) in [6.07, 6.45) is 0. The Hall–Kier alpha value is -0.590. The summed E-state index contributed by atoms with van der Waals surface area (Å²) in [4.78, 5) is 11.1. The van der Waals surface area contributed by atoms with Crippen LogP contribution in [0.25, 0.3) is 0 Å². The van der Waals surface area contributed by atoms with E-state index < -0.39 is 12.0 Å². The van der Waals surface area contributed by atoms with Gasteiger partial charge in [0, 0.05) is 6.54 Å². The van der Waals surface area contributed by atoms with Crippen molar-refractivity contribution in [1.82, 2.24) is 5.32 Å². The second-order valence-electron chi connectivity index (χ2n) is 5.76. The molecule has 0 amide bonds. The molecule has 118 valence electrons. The molecule has 0 heterocycles. The summed E-state index contributed by atoms with van der Waals surface area (Å²) in [7, 11) is 0. The quantitative estimate of drug-likeness (QED) is 0.568. The average molecular weight is 317 g/mol. The van der Waals surface area contributed by atoms with Gasteiger partial charge >= 0.3 is 29.6 Å². The van der Waals surface area contributed by atoms with E-state index in [-0.39, 0.29) is 41.8 Å². The van der Waals surface area contributed by atoms with Crippen LogP contribution in [0, 0.1) is 0 Å². The van der Waals surface area contributed by atoms with Crippen LogP contribution in [0.5, 0.6) is 5.75 Å². The van der Waals surface area contributed by atoms with Gasteiger partial charge in [-0.2, -0.15) is 0 Å². The molecule has 0 fully saturated rings. The van der Waals surface area contributed by atoms with Gasteiger partial charge in [0.15, 0.2) is 0 Å². The molecule has 0 unspecified atom stereocenters. The Kier molecular flexibility index (Phi) is 9.96. The molecule has 1 aromatic rings. The second-order valence-corrected chi connectivity index (χ2v) is 5.76. The maximum absolute atomic E-state index is 11.1. The third kappa shape index (κ3) is 8.76. The standard InChI is InChI=1S/C16H25NO4.Na/c1-5-20-13-8-6-7-12(9-13)10-17-14(15(18)19)11-21-16(2,3)4;/h6-9,14,17H,5,10-11H2,1-4H3,(H,18,19);/q;+1/p-1/t14-;/m0./s1. The molecule has 0 spiro atoms. The number of hydrogen-bond acceptors (Lipinski definition) is 5. The van der Waals surface area contributed by atoms with E-state index in [0.29, 0.717) is 13.2 Å². The Bertz CT molecular complexity index is 460. The van der Waals surface area contributed by atoms with Crippen LogP contribution in [0.3, 0.4) is 0 Å². The minimum absolute atomic E-state index is 0. The zero-order valence-corrected chi connectivity index (χ0v) is 16.1. The summed E-state index contributed by atoms with van der Waals surface area (Å²) in [6.45, 7) is 8.63. The van der Waals surface area contributed by atoms with Crippen LogP contribution in [0.2, 0.25) is 0 Å². The van der Waals surface area contributed by atoms with E-state index >= 15 is 0 Å². The summed E-state index contributed by atoms with van der Waals surface area (Å²) in [6, 6.07) is 6.69. The first kappa shape index (κ1) is 21.4. The van der Waals surface area contributed by atoms with Crippen LogP contribution in [0.4, 0.5) is 0 Å². The Morgan fingerprint density at radius 3 is 2.59 bits per heavy atom. The predicted molar refractivity (Wildman–Crippen MR) is 79.0 cm³/mol. The largest absolute Gasteiger partial charge is 1.00 e. The van der Waals surface area contributed by atoms with Crippen LogP contribution < -0.4 is 44.7 Å². The number of ether oxygens (including phenoxy) is 2. The first-order valence-corrected chi connectivity index (χ1v) is 7.12. The number of carbonyl (C=O) groups is 1. The zero-order chi connectivity index (χ0) is 15.9. The number of carboxylic acids is 1. The Labute approximate surface area is 154 Å². The van der Waals surface area contributed by atoms with Crippen LogP contribution in [0.15, 0.2) is 24.3 Å². The molecule has 1 atom stereocenters. The summed E-state index contributed by atoms with van der Waals surface area (Å²) < 4.78 is 10.9. The van der Waals surface area contributed by atoms with Crippen LogP contribution in [-0.2, 0) is 16.1 Å². The molecule has 6 heteroatoms. The van der Waals surface area contributed by atoms with Crippen molar-refractivity contribution in [3.05, 3.63) is 29.8 Å². The van der Waals surface area contributed by atoms with Crippen molar-refractivity contribution in [1.29, 1.82) is 0 Å². The van der Waals surface area contributed by atoms with Crippen LogP contribution >= 0.6 is 0 Å². The van der Waals surface area contributed by atoms with Gasteiger partial charge in [0.2, 0.25) is 0 Å². The first-order chi connectivity index (χ1) is 9.81. The molecule has 0 aliphatic carbocycles. The van der Waals surface area contributed by atoms with Gasteiger partial charge < -0.3 is 24.7 Å². The monoisotopic (exact) mass is 317 g/mol. The van der Waals surface area contributed by atoms with E-state index in [2.05, 4.69) is 5.32 Å². The number of nitrogens with one attached hydrogen (secondary N) is 1. The molecule has 0 aromatic heterocycles. The third-order valence-electron chi connectivity index (χ3n) is 2.73. The van der Waals surface area contributed by atoms with Crippen molar-refractivity contribution >= 4 is 5.97 Å². The summed E-state index contributed by atoms with van der Waals surface area (Å²) >= 11 is 0. The predicted octanol–water partition coefficient (Wildman–Crippen LogP) is -1.89. The fourth-order valence-corrected chi connectivity index (χ4v) is 1.70. The minimum Gasteiger partial charge on any atom is -0.548 e. The van der Waals surface area contributed by atoms with Gasteiger partial charge in [-0.25, -0.2) is 0 Å². The number of rotatable bonds is 8. The fraction of sp³-hybridized carbons (Fsp3) is 0.562. The van der Waals surface area contributed by atoms with Crippen LogP contribution in [0.1, 0.15) is 33.3 Å². The maximum atomic E-state index is 11.1. The van der Waals surface area contributed by atoms with Gasteiger partial charge in [0.05, 0.1) is 30.8 Å². The molecule has 22 heavy (non-hydrogen) atoms. The zero-order valence-electron chi connectivity index (χ0n) is 14.1. The Balaban J connectivity index is 0.00000441. The fourth-order valence-electron chi connectivity index (χ4n) is 1.70. The van der Waals surface area contributed by atoms with Crippen LogP contribution in [-0.4, -0.2) is 30.8 Å². The topological polar surface area (TPSA) is 70.6 Å². The molecule has 5 nitrogen and oxygen atoms in total. The minimum atomic E-state index is -1.17. The average Bonchev–Trinajstić information content (AvgIpc) is 2.38. The van der Waals surface area contributed by atoms with Gasteiger partial charge in [-0.15, -0.1) is 0 Å². The second kappa shape index (κ2) is 10.2. The van der Waals surface area contributed by atoms with Crippen molar-refractivity contribution < 1.29 is 48.9 Å². The smallest absolute Gasteiger partial charge is 0.548 e. The summed E-state index contributed by atoms with van der Waals surface area (Å²) in [5.74, 6) is -0.395. The summed E-state index contributed by atoms with van der Waals surface area (Å²) in [5, 5.41) is 14.1. The molecule has 1 aromatic carbocycles. The summed E-state index contributed by atoms with van der Waals surface area (Å²) in [5.41, 5.74) is 0.563. The van der Waals surface area contributed by atoms with Crippen molar-refractivity contribution in [2.24, 2.45) is 0 Å². The normalized spacial score (nSPS) is 12.4. The maximum Gasteiger partial charge on any atom is 1.00 e. The Morgan fingerprint density at radius 1 is 1.36 bits per heavy atom. The first-order valence-electron chi connectivity index (χ1n) is 7.12. The van der Waals surface area contributed by atoms with E-state index in [9.17, 15) is 9.90 Å². The number of aliphatic carboxylic acids is 1. The number of benzene rings is 1. The van der Waals surface area contributed by atoms with Gasteiger partial charge in [-0.05, 0) is 45.4 Å². The molecular formula is C16H24NNaO4. The van der Waals surface area contributed by atoms with Gasteiger partial charge in [-0.1, -0.05) is 12.1 Å². The molecule has 1 N–H and O–H groups in total. The molecule has 0 saturated carbocycles. The van der Waals surface area contributed by atoms with Crippen molar-refractivity contribution in [3.63, 3.8) is 0 Å². The molecule has 0 bridgehead atoms. The van der Waals surface area contributed by atoms with Gasteiger partial charge in [0.25, 0.3) is 0 Å². The van der Waals surface area contributed by atoms with Crippen molar-refractivity contribution in [2.45, 2.75) is 45.9 Å². The number of carbonyl (C=O) groups excluding carboxylic acids is 1. The van der Waals surface area contributed by atoms with Gasteiger partial charge in [-0.3, -0.25) is 0 Å². The van der Waals surface area contributed by atoms with Crippen molar-refractivity contribution in [3.8, 4) is 5.75 Å². The Morgan fingerprint density at radius 2 is 2.05 bits per heavy atom. The van der Waals surface area contributed by atoms with Gasteiger partial charge in [0.1, 0.15) is 5.75 Å². The van der Waals surface area contributed by atoms with E-state index in [1.54, 1.807) is 0 Å². The van der Waals surface area contributed by atoms with E-state index in [1.807, 2.05) is 52.0 Å². The van der Waals surface area contributed by atoms with E-state index in [0.717, 1.165) is 11.3 Å². The molecule has 0 saturated heterocycles. The molecule has 0 aliphatic heterocycles. The molecule has 1 rings (SSSR count). The molecule has 0 radical (unpaired) electrons. The number of carboxylic acid groups (broad SMARTS) is 1. The molecular weight excluding hydrogens is 293 g/mol. The van der Waals surface area contributed by atoms with E-state index in [1.165, 1.54) is 0 Å².